The molecule has 4 heteroatoms. The van der Waals surface area contributed by atoms with Crippen LogP contribution in [0.25, 0.3) is 0 Å². The van der Waals surface area contributed by atoms with Gasteiger partial charge in [0, 0.05) is 13.6 Å². The van der Waals surface area contributed by atoms with Crippen molar-refractivity contribution in [1.29, 1.82) is 0 Å². The Labute approximate surface area is 109 Å². The zero-order valence-electron chi connectivity index (χ0n) is 10.6. The monoisotopic (exact) mass is 253 g/mol. The van der Waals surface area contributed by atoms with E-state index in [1.807, 2.05) is 0 Å². The molecule has 0 aromatic heterocycles. The van der Waals surface area contributed by atoms with Crippen molar-refractivity contribution in [3.8, 4) is 0 Å². The summed E-state index contributed by atoms with van der Waals surface area (Å²) in [5.41, 5.74) is 2.59. The Morgan fingerprint density at radius 3 is 2.18 bits per heavy atom. The summed E-state index contributed by atoms with van der Waals surface area (Å²) < 4.78 is 0. The maximum Gasteiger partial charge on any atom is 0.182 e. The van der Waals surface area contributed by atoms with E-state index in [-0.39, 0.29) is 0 Å². The molecule has 4 saturated carbocycles. The van der Waals surface area contributed by atoms with Crippen LogP contribution in [0.4, 0.5) is 0 Å². The molecule has 0 heterocycles. The van der Waals surface area contributed by atoms with Gasteiger partial charge >= 0.3 is 0 Å². The largest absolute Gasteiger partial charge is 0.351 e. The Kier molecular flexibility index (Phi) is 3.03. The fraction of sp³-hybridized carbons (Fsp3) is 0.923. The van der Waals surface area contributed by atoms with E-state index in [0.29, 0.717) is 5.11 Å². The highest BCUT2D eigenvalue weighted by atomic mass is 32.1. The maximum atomic E-state index is 5.39. The van der Waals surface area contributed by atoms with Crippen molar-refractivity contribution in [2.24, 2.45) is 35.4 Å². The molecule has 0 radical (unpaired) electrons. The lowest BCUT2D eigenvalue weighted by Gasteiger charge is -2.55. The van der Waals surface area contributed by atoms with Crippen molar-refractivity contribution < 1.29 is 0 Å². The molecule has 0 aliphatic heterocycles. The maximum absolute atomic E-state index is 5.39. The summed E-state index contributed by atoms with van der Waals surface area (Å²) >= 11 is 5.20. The number of thiocarbonyl (C=S) groups is 1. The van der Waals surface area contributed by atoms with Crippen LogP contribution in [0, 0.1) is 29.6 Å². The number of nitrogens with zero attached hydrogens (tertiary/aromatic N) is 1. The molecule has 4 rings (SSSR count). The van der Waals surface area contributed by atoms with E-state index in [0.717, 1.165) is 36.1 Å². The molecule has 17 heavy (non-hydrogen) atoms. The molecule has 0 amide bonds. The molecule has 0 saturated heterocycles. The van der Waals surface area contributed by atoms with E-state index in [1.165, 1.54) is 32.1 Å². The van der Waals surface area contributed by atoms with Crippen molar-refractivity contribution in [2.45, 2.75) is 32.1 Å². The van der Waals surface area contributed by atoms with Crippen LogP contribution in [-0.4, -0.2) is 23.6 Å². The molecule has 96 valence electrons. The lowest BCUT2D eigenvalue weighted by Crippen LogP contribution is -2.51. The third kappa shape index (κ3) is 2.06. The van der Waals surface area contributed by atoms with Gasteiger partial charge in [-0.25, -0.2) is 5.84 Å². The second-order valence-corrected chi connectivity index (χ2v) is 6.81. The Morgan fingerprint density at radius 2 is 1.71 bits per heavy atom. The first-order chi connectivity index (χ1) is 8.17. The summed E-state index contributed by atoms with van der Waals surface area (Å²) in [5.74, 6) is 10.3. The predicted molar refractivity (Wildman–Crippen MR) is 73.1 cm³/mol. The quantitative estimate of drug-likeness (QED) is 0.447. The fourth-order valence-corrected chi connectivity index (χ4v) is 4.92. The van der Waals surface area contributed by atoms with Crippen LogP contribution in [-0.2, 0) is 0 Å². The van der Waals surface area contributed by atoms with Crippen LogP contribution in [0.15, 0.2) is 0 Å². The van der Waals surface area contributed by atoms with E-state index in [9.17, 15) is 0 Å². The third-order valence-electron chi connectivity index (χ3n) is 5.38. The summed E-state index contributed by atoms with van der Waals surface area (Å²) in [4.78, 5) is 2.13. The predicted octanol–water partition coefficient (Wildman–Crippen LogP) is 1.74. The first kappa shape index (κ1) is 11.7. The summed E-state index contributed by atoms with van der Waals surface area (Å²) in [5, 5.41) is 0.679. The van der Waals surface area contributed by atoms with E-state index < -0.39 is 0 Å². The average Bonchev–Trinajstić information content (AvgIpc) is 2.31. The van der Waals surface area contributed by atoms with Gasteiger partial charge in [-0.2, -0.15) is 0 Å². The van der Waals surface area contributed by atoms with Crippen molar-refractivity contribution in [3.05, 3.63) is 0 Å². The molecule has 3 nitrogen and oxygen atoms in total. The van der Waals surface area contributed by atoms with E-state index in [2.05, 4.69) is 17.4 Å². The highest BCUT2D eigenvalue weighted by Crippen LogP contribution is 2.56. The topological polar surface area (TPSA) is 41.3 Å². The van der Waals surface area contributed by atoms with Gasteiger partial charge < -0.3 is 10.3 Å². The van der Waals surface area contributed by atoms with Crippen molar-refractivity contribution in [3.63, 3.8) is 0 Å². The Hall–Kier alpha value is -0.350. The number of hydrogen-bond donors (Lipinski definition) is 2. The number of nitrogens with one attached hydrogen (secondary N) is 1. The van der Waals surface area contributed by atoms with Crippen LogP contribution in [0.2, 0.25) is 0 Å². The molecule has 0 unspecified atom stereocenters. The van der Waals surface area contributed by atoms with Gasteiger partial charge in [0.2, 0.25) is 0 Å². The van der Waals surface area contributed by atoms with Crippen LogP contribution < -0.4 is 11.3 Å². The SMILES string of the molecule is CN(CC1C2CC3CC(C2)CC1C3)C(=S)NN. The number of rotatable bonds is 2. The van der Waals surface area contributed by atoms with Gasteiger partial charge in [0.15, 0.2) is 5.11 Å². The van der Waals surface area contributed by atoms with Crippen LogP contribution >= 0.6 is 12.2 Å². The van der Waals surface area contributed by atoms with Gasteiger partial charge in [0.25, 0.3) is 0 Å². The van der Waals surface area contributed by atoms with Crippen LogP contribution in [0.5, 0.6) is 0 Å². The first-order valence-electron chi connectivity index (χ1n) is 6.89. The van der Waals surface area contributed by atoms with Crippen LogP contribution in [0.1, 0.15) is 32.1 Å². The second kappa shape index (κ2) is 4.39. The Balaban J connectivity index is 1.66. The zero-order valence-corrected chi connectivity index (χ0v) is 11.4. The average molecular weight is 253 g/mol. The van der Waals surface area contributed by atoms with Gasteiger partial charge in [0.05, 0.1) is 0 Å². The number of nitrogens with two attached hydrogens (primary N) is 1. The van der Waals surface area contributed by atoms with Gasteiger partial charge in [-0.15, -0.1) is 0 Å². The first-order valence-corrected chi connectivity index (χ1v) is 7.30. The minimum Gasteiger partial charge on any atom is -0.351 e. The lowest BCUT2D eigenvalue weighted by molar-refractivity contribution is -0.0416. The third-order valence-corrected chi connectivity index (χ3v) is 5.81. The molecule has 4 aliphatic rings. The smallest absolute Gasteiger partial charge is 0.182 e. The zero-order chi connectivity index (χ0) is 12.0. The molecule has 0 aromatic rings. The van der Waals surface area contributed by atoms with Crippen molar-refractivity contribution >= 4 is 17.3 Å². The summed E-state index contributed by atoms with van der Waals surface area (Å²) in [6.07, 6.45) is 7.45. The minimum atomic E-state index is 0.679. The van der Waals surface area contributed by atoms with Crippen molar-refractivity contribution in [2.75, 3.05) is 13.6 Å². The molecule has 4 bridgehead atoms. The normalized spacial score (nSPS) is 42.6. The van der Waals surface area contributed by atoms with E-state index >= 15 is 0 Å². The molecular formula is C13H23N3S. The highest BCUT2D eigenvalue weighted by molar-refractivity contribution is 7.80. The molecule has 3 N–H and O–H groups in total. The minimum absolute atomic E-state index is 0.679. The number of hydrazine groups is 1. The molecule has 4 fully saturated rings. The molecule has 4 aliphatic carbocycles. The van der Waals surface area contributed by atoms with Gasteiger partial charge in [-0.05, 0) is 73.9 Å². The van der Waals surface area contributed by atoms with Crippen molar-refractivity contribution in [1.82, 2.24) is 10.3 Å². The standard InChI is InChI=1S/C13H23N3S/c1-16(13(17)15-14)7-12-10-3-8-2-9(5-10)6-11(12)4-8/h8-12H,2-7,14H2,1H3,(H,15,17). The number of hydrogen-bond acceptors (Lipinski definition) is 2. The lowest BCUT2D eigenvalue weighted by atomic mass is 9.52. The highest BCUT2D eigenvalue weighted by Gasteiger charge is 2.48. The Morgan fingerprint density at radius 1 is 1.18 bits per heavy atom. The molecule has 0 spiro atoms. The van der Waals surface area contributed by atoms with Gasteiger partial charge in [0.1, 0.15) is 0 Å². The molecular weight excluding hydrogens is 230 g/mol. The van der Waals surface area contributed by atoms with E-state index in [1.54, 1.807) is 0 Å². The van der Waals surface area contributed by atoms with Crippen LogP contribution in [0.3, 0.4) is 0 Å². The summed E-state index contributed by atoms with van der Waals surface area (Å²) in [6.45, 7) is 1.10. The Bertz CT molecular complexity index is 290. The summed E-state index contributed by atoms with van der Waals surface area (Å²) in [7, 11) is 2.06. The molecule has 0 atom stereocenters. The fourth-order valence-electron chi connectivity index (χ4n) is 4.85. The second-order valence-electron chi connectivity index (χ2n) is 6.42. The summed E-state index contributed by atoms with van der Waals surface area (Å²) in [6, 6.07) is 0. The van der Waals surface area contributed by atoms with E-state index in [4.69, 9.17) is 18.1 Å². The molecule has 0 aromatic carbocycles. The van der Waals surface area contributed by atoms with Gasteiger partial charge in [-0.1, -0.05) is 0 Å². The van der Waals surface area contributed by atoms with Gasteiger partial charge in [-0.3, -0.25) is 0 Å².